The van der Waals surface area contributed by atoms with Crippen LogP contribution in [-0.2, 0) is 133 Å². The van der Waals surface area contributed by atoms with Crippen LogP contribution in [0.2, 0.25) is 0 Å². The lowest BCUT2D eigenvalue weighted by atomic mass is 9.59. The summed E-state index contributed by atoms with van der Waals surface area (Å²) in [6.07, 6.45) is -2.98. The molecule has 0 saturated heterocycles. The summed E-state index contributed by atoms with van der Waals surface area (Å²) in [5.74, 6) is -55.6. The van der Waals surface area contributed by atoms with E-state index < -0.39 is 252 Å². The molecule has 0 aromatic heterocycles. The third kappa shape index (κ3) is 23.3. The first-order chi connectivity index (χ1) is 41.1. The average Bonchev–Trinajstić information content (AvgIpc) is 1.21. The number of rotatable bonds is 41. The number of esters is 14. The van der Waals surface area contributed by atoms with Gasteiger partial charge in [0.15, 0.2) is 0 Å². The molecule has 28 nitrogen and oxygen atoms in total. The molecule has 0 saturated carbocycles. The monoisotopic (exact) mass is 1250 g/mol. The Morgan fingerprint density at radius 3 is 0.621 bits per heavy atom. The van der Waals surface area contributed by atoms with E-state index in [1.54, 1.807) is 0 Å². The fourth-order valence-corrected chi connectivity index (χ4v) is 10.1. The van der Waals surface area contributed by atoms with E-state index in [2.05, 4.69) is 0 Å². The van der Waals surface area contributed by atoms with Gasteiger partial charge in [-0.3, -0.25) is 67.1 Å². The summed E-state index contributed by atoms with van der Waals surface area (Å²) in [6, 6.07) is 0. The predicted molar refractivity (Wildman–Crippen MR) is 298 cm³/mol. The first-order valence-electron chi connectivity index (χ1n) is 29.5. The Morgan fingerprint density at radius 2 is 0.402 bits per heavy atom. The van der Waals surface area contributed by atoms with Crippen molar-refractivity contribution in [1.82, 2.24) is 0 Å². The number of hydrogen-bond donors (Lipinski definition) is 0. The maximum Gasteiger partial charge on any atom is 0.310 e. The van der Waals surface area contributed by atoms with Crippen molar-refractivity contribution < 1.29 is 133 Å². The summed E-state index contributed by atoms with van der Waals surface area (Å²) < 4.78 is 76.9. The van der Waals surface area contributed by atoms with E-state index >= 15 is 43.2 Å². The van der Waals surface area contributed by atoms with E-state index in [9.17, 15) is 24.0 Å². The van der Waals surface area contributed by atoms with Gasteiger partial charge in [-0.1, -0.05) is 6.92 Å². The zero-order valence-corrected chi connectivity index (χ0v) is 53.3. The lowest BCUT2D eigenvalue weighted by Gasteiger charge is -2.42. The summed E-state index contributed by atoms with van der Waals surface area (Å²) in [5, 5.41) is 0. The Labute approximate surface area is 508 Å². The number of carbonyl (C=O) groups is 14. The molecule has 0 N–H and O–H groups in total. The molecule has 13 unspecified atom stereocenters. The van der Waals surface area contributed by atoms with Crippen LogP contribution in [0.3, 0.4) is 0 Å². The van der Waals surface area contributed by atoms with Gasteiger partial charge >= 0.3 is 83.6 Å². The molecule has 0 aromatic rings. The van der Waals surface area contributed by atoms with Crippen LogP contribution < -0.4 is 0 Å². The van der Waals surface area contributed by atoms with E-state index in [1.165, 1.54) is 111 Å². The quantitative estimate of drug-likeness (QED) is 0.0615. The zero-order valence-electron chi connectivity index (χ0n) is 53.3. The normalized spacial score (nSPS) is 15.6. The molecule has 0 rings (SSSR count). The third-order valence-electron chi connectivity index (χ3n) is 13.1. The van der Waals surface area contributed by atoms with Crippen molar-refractivity contribution >= 4 is 83.6 Å². The maximum absolute atomic E-state index is 15.6. The molecular weight excluding hydrogens is 1160 g/mol. The largest absolute Gasteiger partial charge is 0.466 e. The predicted octanol–water partition coefficient (Wildman–Crippen LogP) is 4.07. The first kappa shape index (κ1) is 79.6. The molecule has 0 aliphatic rings. The molecule has 0 amide bonds. The molecule has 0 heterocycles. The first-order valence-corrected chi connectivity index (χ1v) is 29.5. The zero-order chi connectivity index (χ0) is 66.8. The molecule has 496 valence electrons. The van der Waals surface area contributed by atoms with E-state index in [4.69, 9.17) is 66.3 Å². The van der Waals surface area contributed by atoms with E-state index in [0.717, 1.165) is 6.92 Å². The van der Waals surface area contributed by atoms with Crippen molar-refractivity contribution in [2.24, 2.45) is 76.9 Å². The summed E-state index contributed by atoms with van der Waals surface area (Å²) in [5.41, 5.74) is 0. The Morgan fingerprint density at radius 1 is 0.218 bits per heavy atom. The number of carbonyl (C=O) groups excluding carboxylic acids is 14. The standard InChI is InChI=1S/C59H92O28/c1-18-74-35(60)30-34(48(62)75-19-2)37(49(63)76-20-3)39(51(65)78-22-5)41(53(67)80-24-7)43(55(69)82-26-9)45(57(71)84-28-11)46(58(72)85-29-12)44(56(70)83-27-10)42(54(68)81-25-8)40(52(66)79-23-6)38(50(64)77-21-4)36(59(73)87-32(15)16)33(17)47(61)86-31(13)14/h31-34,36-46H,18-30H2,1-17H3. The van der Waals surface area contributed by atoms with Crippen molar-refractivity contribution in [3.05, 3.63) is 0 Å². The third-order valence-corrected chi connectivity index (χ3v) is 13.1. The molecule has 0 bridgehead atoms. The number of ether oxygens (including phenoxy) is 14. The molecule has 0 aromatic carbocycles. The number of hydrogen-bond acceptors (Lipinski definition) is 28. The van der Waals surface area contributed by atoms with E-state index in [1.807, 2.05) is 0 Å². The molecule has 87 heavy (non-hydrogen) atoms. The van der Waals surface area contributed by atoms with Crippen LogP contribution in [0.15, 0.2) is 0 Å². The van der Waals surface area contributed by atoms with Crippen LogP contribution >= 0.6 is 0 Å². The Hall–Kier alpha value is -7.42. The average molecular weight is 1250 g/mol. The maximum atomic E-state index is 15.6. The van der Waals surface area contributed by atoms with Crippen molar-refractivity contribution in [1.29, 1.82) is 0 Å². The second-order valence-corrected chi connectivity index (χ2v) is 19.4. The van der Waals surface area contributed by atoms with Gasteiger partial charge in [-0.2, -0.15) is 0 Å². The smallest absolute Gasteiger partial charge is 0.310 e. The van der Waals surface area contributed by atoms with Crippen LogP contribution in [0.4, 0.5) is 0 Å². The molecule has 0 spiro atoms. The second-order valence-electron chi connectivity index (χ2n) is 19.4. The molecule has 28 heteroatoms. The second kappa shape index (κ2) is 41.6. The van der Waals surface area contributed by atoms with Gasteiger partial charge in [0.25, 0.3) is 0 Å². The minimum absolute atomic E-state index is 0.287. The Kier molecular flexibility index (Phi) is 38.1. The van der Waals surface area contributed by atoms with Crippen LogP contribution in [0, 0.1) is 76.9 Å². The van der Waals surface area contributed by atoms with Crippen molar-refractivity contribution in [2.45, 2.75) is 136 Å². The van der Waals surface area contributed by atoms with Gasteiger partial charge in [0.05, 0.1) is 175 Å². The minimum atomic E-state index is -2.92. The van der Waals surface area contributed by atoms with Crippen LogP contribution in [0.5, 0.6) is 0 Å². The van der Waals surface area contributed by atoms with Crippen LogP contribution in [0.25, 0.3) is 0 Å². The SMILES string of the molecule is CCOC(=O)CC(C(=O)OCC)C(C(=O)OCC)C(C(=O)OCC)C(C(=O)OCC)C(C(=O)OCC)C(C(=O)OCC)C(C(=O)OCC)C(C(=O)OCC)C(C(=O)OCC)C(C(=O)OCC)C(C(=O)OCC)C(C(=O)OC(C)C)C(C)C(=O)OC(C)C. The minimum Gasteiger partial charge on any atom is -0.466 e. The van der Waals surface area contributed by atoms with Crippen molar-refractivity contribution in [2.75, 3.05) is 79.3 Å². The van der Waals surface area contributed by atoms with Gasteiger partial charge in [-0.15, -0.1) is 0 Å². The molecule has 0 radical (unpaired) electrons. The van der Waals surface area contributed by atoms with Gasteiger partial charge in [0, 0.05) is 0 Å². The Balaban J connectivity index is 10.8. The fourth-order valence-electron chi connectivity index (χ4n) is 10.1. The van der Waals surface area contributed by atoms with Crippen molar-refractivity contribution in [3.63, 3.8) is 0 Å². The van der Waals surface area contributed by atoms with Gasteiger partial charge in [0.2, 0.25) is 0 Å². The Bertz CT molecular complexity index is 2290. The van der Waals surface area contributed by atoms with Crippen LogP contribution in [0.1, 0.15) is 124 Å². The molecule has 0 fully saturated rings. The summed E-state index contributed by atoms with van der Waals surface area (Å²) in [7, 11) is 0. The highest BCUT2D eigenvalue weighted by Crippen LogP contribution is 2.49. The van der Waals surface area contributed by atoms with E-state index in [-0.39, 0.29) is 6.61 Å². The molecular formula is C59H92O28. The summed E-state index contributed by atoms with van der Waals surface area (Å²) in [6.45, 7) is 15.4. The molecule has 0 aliphatic heterocycles. The molecule has 0 aliphatic carbocycles. The summed E-state index contributed by atoms with van der Waals surface area (Å²) >= 11 is 0. The van der Waals surface area contributed by atoms with Gasteiger partial charge in [-0.05, 0) is 111 Å². The lowest BCUT2D eigenvalue weighted by Crippen LogP contribution is -2.58. The lowest BCUT2D eigenvalue weighted by molar-refractivity contribution is -0.194. The topological polar surface area (TPSA) is 368 Å². The highest BCUT2D eigenvalue weighted by molar-refractivity contribution is 5.99. The van der Waals surface area contributed by atoms with Gasteiger partial charge < -0.3 is 66.3 Å². The van der Waals surface area contributed by atoms with Crippen molar-refractivity contribution in [3.8, 4) is 0 Å². The van der Waals surface area contributed by atoms with E-state index in [0.29, 0.717) is 0 Å². The highest BCUT2D eigenvalue weighted by atomic mass is 16.6. The van der Waals surface area contributed by atoms with Gasteiger partial charge in [0.1, 0.15) is 0 Å². The van der Waals surface area contributed by atoms with Gasteiger partial charge in [-0.25, -0.2) is 0 Å². The van der Waals surface area contributed by atoms with Crippen LogP contribution in [-0.4, -0.2) is 175 Å². The molecule has 13 atom stereocenters. The summed E-state index contributed by atoms with van der Waals surface area (Å²) in [4.78, 5) is 210. The highest BCUT2D eigenvalue weighted by Gasteiger charge is 2.65. The fraction of sp³-hybridized carbons (Fsp3) is 0.763.